The number of hydrogen-bond acceptors (Lipinski definition) is 4. The molecule has 0 atom stereocenters. The fraction of sp³-hybridized carbons (Fsp3) is 0.333. The molecule has 3 aromatic rings. The maximum absolute atomic E-state index is 13.7. The van der Waals surface area contributed by atoms with Crippen LogP contribution in [0.1, 0.15) is 30.1 Å². The molecule has 0 radical (unpaired) electrons. The third-order valence-corrected chi connectivity index (χ3v) is 5.18. The average molecular weight is 387 g/mol. The summed E-state index contributed by atoms with van der Waals surface area (Å²) in [6, 6.07) is 12.7. The SMILES string of the molecule is CN1CCC(c2noc(-c3ccc(-c4ccccc4)c(C(F)(F)F)c3)n2)CC1. The van der Waals surface area contributed by atoms with Crippen LogP contribution in [-0.2, 0) is 6.18 Å². The highest BCUT2D eigenvalue weighted by Gasteiger charge is 2.34. The maximum Gasteiger partial charge on any atom is 0.417 e. The van der Waals surface area contributed by atoms with Crippen molar-refractivity contribution in [3.05, 3.63) is 59.9 Å². The van der Waals surface area contributed by atoms with Crippen molar-refractivity contribution in [2.45, 2.75) is 24.9 Å². The Labute approximate surface area is 161 Å². The van der Waals surface area contributed by atoms with Crippen molar-refractivity contribution < 1.29 is 17.7 Å². The molecule has 0 N–H and O–H groups in total. The molecule has 0 bridgehead atoms. The van der Waals surface area contributed by atoms with Crippen molar-refractivity contribution in [1.82, 2.24) is 15.0 Å². The molecule has 0 amide bonds. The summed E-state index contributed by atoms with van der Waals surface area (Å²) in [7, 11) is 2.06. The predicted molar refractivity (Wildman–Crippen MR) is 99.6 cm³/mol. The average Bonchev–Trinajstić information content (AvgIpc) is 3.18. The van der Waals surface area contributed by atoms with Crippen molar-refractivity contribution in [3.8, 4) is 22.6 Å². The van der Waals surface area contributed by atoms with Crippen LogP contribution in [0.2, 0.25) is 0 Å². The summed E-state index contributed by atoms with van der Waals surface area (Å²) in [6.45, 7) is 1.89. The van der Waals surface area contributed by atoms with E-state index < -0.39 is 11.7 Å². The topological polar surface area (TPSA) is 42.2 Å². The van der Waals surface area contributed by atoms with Gasteiger partial charge in [0.25, 0.3) is 5.89 Å². The van der Waals surface area contributed by atoms with E-state index >= 15 is 0 Å². The van der Waals surface area contributed by atoms with Crippen molar-refractivity contribution in [1.29, 1.82) is 0 Å². The van der Waals surface area contributed by atoms with E-state index in [4.69, 9.17) is 4.52 Å². The molecule has 1 aromatic heterocycles. The van der Waals surface area contributed by atoms with Gasteiger partial charge in [-0.1, -0.05) is 41.6 Å². The summed E-state index contributed by atoms with van der Waals surface area (Å²) in [5.74, 6) is 0.877. The van der Waals surface area contributed by atoms with Gasteiger partial charge in [-0.25, -0.2) is 0 Å². The Morgan fingerprint density at radius 2 is 1.71 bits per heavy atom. The number of nitrogens with zero attached hydrogens (tertiary/aromatic N) is 3. The first-order chi connectivity index (χ1) is 13.4. The molecule has 0 unspecified atom stereocenters. The highest BCUT2D eigenvalue weighted by atomic mass is 19.4. The number of benzene rings is 2. The molecule has 1 saturated heterocycles. The van der Waals surface area contributed by atoms with E-state index in [9.17, 15) is 13.2 Å². The van der Waals surface area contributed by atoms with Gasteiger partial charge in [-0.3, -0.25) is 0 Å². The number of aromatic nitrogens is 2. The van der Waals surface area contributed by atoms with Crippen LogP contribution < -0.4 is 0 Å². The van der Waals surface area contributed by atoms with E-state index in [-0.39, 0.29) is 22.9 Å². The lowest BCUT2D eigenvalue weighted by Gasteiger charge is -2.26. The minimum absolute atomic E-state index is 0.124. The molecular formula is C21H20F3N3O. The molecule has 1 aliphatic rings. The van der Waals surface area contributed by atoms with Gasteiger partial charge < -0.3 is 9.42 Å². The van der Waals surface area contributed by atoms with E-state index in [1.54, 1.807) is 36.4 Å². The van der Waals surface area contributed by atoms with Crippen LogP contribution in [0.3, 0.4) is 0 Å². The monoisotopic (exact) mass is 387 g/mol. The summed E-state index contributed by atoms with van der Waals surface area (Å²) >= 11 is 0. The highest BCUT2D eigenvalue weighted by Crippen LogP contribution is 2.39. The number of hydrogen-bond donors (Lipinski definition) is 0. The summed E-state index contributed by atoms with van der Waals surface area (Å²) in [5, 5.41) is 4.03. The van der Waals surface area contributed by atoms with E-state index in [1.807, 2.05) is 0 Å². The second-order valence-electron chi connectivity index (χ2n) is 7.16. The van der Waals surface area contributed by atoms with Crippen LogP contribution in [0.25, 0.3) is 22.6 Å². The molecule has 4 rings (SSSR count). The number of rotatable bonds is 3. The molecule has 4 nitrogen and oxygen atoms in total. The van der Waals surface area contributed by atoms with Gasteiger partial charge in [-0.05, 0) is 56.2 Å². The normalized spacial score (nSPS) is 16.4. The lowest BCUT2D eigenvalue weighted by molar-refractivity contribution is -0.137. The van der Waals surface area contributed by atoms with Crippen LogP contribution in [0.5, 0.6) is 0 Å². The van der Waals surface area contributed by atoms with Crippen LogP contribution in [-0.4, -0.2) is 35.2 Å². The van der Waals surface area contributed by atoms with E-state index in [1.165, 1.54) is 6.07 Å². The van der Waals surface area contributed by atoms with Gasteiger partial charge in [0.2, 0.25) is 0 Å². The van der Waals surface area contributed by atoms with Crippen molar-refractivity contribution in [2.75, 3.05) is 20.1 Å². The molecule has 0 saturated carbocycles. The molecule has 28 heavy (non-hydrogen) atoms. The molecule has 1 aliphatic heterocycles. The fourth-order valence-corrected chi connectivity index (χ4v) is 3.57. The zero-order chi connectivity index (χ0) is 19.7. The fourth-order valence-electron chi connectivity index (χ4n) is 3.57. The molecule has 0 aliphatic carbocycles. The summed E-state index contributed by atoms with van der Waals surface area (Å²) in [5.41, 5.74) is 0.208. The zero-order valence-electron chi connectivity index (χ0n) is 15.4. The quantitative estimate of drug-likeness (QED) is 0.617. The van der Waals surface area contributed by atoms with Gasteiger partial charge in [-0.2, -0.15) is 18.2 Å². The van der Waals surface area contributed by atoms with Gasteiger partial charge >= 0.3 is 6.18 Å². The van der Waals surface area contributed by atoms with Gasteiger partial charge in [0.1, 0.15) is 0 Å². The Balaban J connectivity index is 1.68. The predicted octanol–water partition coefficient (Wildman–Crippen LogP) is 5.23. The molecule has 2 heterocycles. The maximum atomic E-state index is 13.7. The Morgan fingerprint density at radius 3 is 2.39 bits per heavy atom. The highest BCUT2D eigenvalue weighted by molar-refractivity contribution is 5.72. The number of alkyl halides is 3. The first-order valence-electron chi connectivity index (χ1n) is 9.21. The molecule has 146 valence electrons. The van der Waals surface area contributed by atoms with Crippen molar-refractivity contribution in [3.63, 3.8) is 0 Å². The second kappa shape index (κ2) is 7.39. The third kappa shape index (κ3) is 3.80. The van der Waals surface area contributed by atoms with E-state index in [0.29, 0.717) is 11.4 Å². The van der Waals surface area contributed by atoms with Crippen LogP contribution >= 0.6 is 0 Å². The smallest absolute Gasteiger partial charge is 0.334 e. The summed E-state index contributed by atoms with van der Waals surface area (Å²) in [4.78, 5) is 6.62. The van der Waals surface area contributed by atoms with E-state index in [0.717, 1.165) is 32.0 Å². The Bertz CT molecular complexity index is 945. The zero-order valence-corrected chi connectivity index (χ0v) is 15.4. The minimum atomic E-state index is -4.49. The Hall–Kier alpha value is -2.67. The number of piperidine rings is 1. The molecular weight excluding hydrogens is 367 g/mol. The van der Waals surface area contributed by atoms with Gasteiger partial charge in [0, 0.05) is 11.5 Å². The number of halogens is 3. The summed E-state index contributed by atoms with van der Waals surface area (Å²) in [6.07, 6.45) is -2.66. The van der Waals surface area contributed by atoms with Crippen LogP contribution in [0, 0.1) is 0 Å². The van der Waals surface area contributed by atoms with Crippen molar-refractivity contribution >= 4 is 0 Å². The molecule has 2 aromatic carbocycles. The molecule has 7 heteroatoms. The lowest BCUT2D eigenvalue weighted by atomic mass is 9.96. The lowest BCUT2D eigenvalue weighted by Crippen LogP contribution is -2.29. The summed E-state index contributed by atoms with van der Waals surface area (Å²) < 4.78 is 46.4. The largest absolute Gasteiger partial charge is 0.417 e. The standard InChI is InChI=1S/C21H20F3N3O/c1-27-11-9-15(10-12-27)19-25-20(28-26-19)16-7-8-17(14-5-3-2-4-6-14)18(13-16)21(22,23)24/h2-8,13,15H,9-12H2,1H3. The van der Waals surface area contributed by atoms with Crippen LogP contribution in [0.4, 0.5) is 13.2 Å². The van der Waals surface area contributed by atoms with Gasteiger partial charge in [-0.15, -0.1) is 0 Å². The van der Waals surface area contributed by atoms with E-state index in [2.05, 4.69) is 22.1 Å². The molecule has 1 fully saturated rings. The molecule has 0 spiro atoms. The van der Waals surface area contributed by atoms with Gasteiger partial charge in [0.15, 0.2) is 5.82 Å². The van der Waals surface area contributed by atoms with Crippen molar-refractivity contribution in [2.24, 2.45) is 0 Å². The van der Waals surface area contributed by atoms with Gasteiger partial charge in [0.05, 0.1) is 5.56 Å². The Kier molecular flexibility index (Phi) is 4.93. The first-order valence-corrected chi connectivity index (χ1v) is 9.21. The minimum Gasteiger partial charge on any atom is -0.334 e. The van der Waals surface area contributed by atoms with Crippen LogP contribution in [0.15, 0.2) is 53.1 Å². The number of likely N-dealkylation sites (tertiary alicyclic amines) is 1. The third-order valence-electron chi connectivity index (χ3n) is 5.18. The first kappa shape index (κ1) is 18.7. The Morgan fingerprint density at radius 1 is 1.00 bits per heavy atom. The second-order valence-corrected chi connectivity index (χ2v) is 7.16.